The maximum absolute atomic E-state index is 13.7. The Balaban J connectivity index is 1.93. The Kier molecular flexibility index (Phi) is 4.64. The number of carbonyl (C=O) groups excluding carboxylic acids is 1. The number of amides is 1. The molecule has 28 heavy (non-hydrogen) atoms. The second-order valence-electron chi connectivity index (χ2n) is 6.34. The number of carbonyl (C=O) groups is 2. The Labute approximate surface area is 167 Å². The molecule has 3 aromatic rings. The van der Waals surface area contributed by atoms with Gasteiger partial charge >= 0.3 is 5.97 Å². The summed E-state index contributed by atoms with van der Waals surface area (Å²) in [5.41, 5.74) is 1.77. The fraction of sp³-hybridized carbons (Fsp3) is 0.100. The molecular formula is C20H12ClF2NO3S. The summed E-state index contributed by atoms with van der Waals surface area (Å²) in [7, 11) is 0. The third kappa shape index (κ3) is 3.16. The van der Waals surface area contributed by atoms with Crippen molar-refractivity contribution >= 4 is 40.5 Å². The van der Waals surface area contributed by atoms with Crippen LogP contribution in [0.5, 0.6) is 0 Å². The van der Waals surface area contributed by atoms with Gasteiger partial charge in [-0.2, -0.15) is 0 Å². The highest BCUT2D eigenvalue weighted by Crippen LogP contribution is 2.49. The van der Waals surface area contributed by atoms with Gasteiger partial charge in [-0.25, -0.2) is 13.6 Å². The molecule has 1 amide bonds. The average Bonchev–Trinajstić information content (AvgIpc) is 3.03. The number of carboxylic acid groups (broad SMARTS) is 1. The Morgan fingerprint density at radius 1 is 1.14 bits per heavy atom. The molecule has 0 saturated carbocycles. The zero-order valence-electron chi connectivity index (χ0n) is 14.1. The zero-order valence-corrected chi connectivity index (χ0v) is 15.7. The lowest BCUT2D eigenvalue weighted by atomic mass is 9.88. The predicted octanol–water partition coefficient (Wildman–Crippen LogP) is 5.52. The van der Waals surface area contributed by atoms with Crippen LogP contribution in [0.15, 0.2) is 42.5 Å². The summed E-state index contributed by atoms with van der Waals surface area (Å²) in [4.78, 5) is 24.8. The highest BCUT2D eigenvalue weighted by molar-refractivity contribution is 7.15. The Morgan fingerprint density at radius 2 is 1.86 bits per heavy atom. The molecule has 1 aliphatic heterocycles. The lowest BCUT2D eigenvalue weighted by molar-refractivity contribution is -0.116. The molecule has 2 aromatic carbocycles. The number of nitrogens with one attached hydrogen (secondary N) is 1. The van der Waals surface area contributed by atoms with E-state index >= 15 is 0 Å². The monoisotopic (exact) mass is 419 g/mol. The van der Waals surface area contributed by atoms with Gasteiger partial charge in [-0.3, -0.25) is 4.79 Å². The molecule has 2 heterocycles. The van der Waals surface area contributed by atoms with Gasteiger partial charge in [-0.05, 0) is 35.4 Å². The van der Waals surface area contributed by atoms with Crippen molar-refractivity contribution in [1.82, 2.24) is 0 Å². The normalized spacial score (nSPS) is 15.8. The summed E-state index contributed by atoms with van der Waals surface area (Å²) in [5, 5.41) is 12.9. The fourth-order valence-electron chi connectivity index (χ4n) is 3.33. The van der Waals surface area contributed by atoms with Crippen LogP contribution in [-0.4, -0.2) is 17.0 Å². The maximum Gasteiger partial charge on any atom is 0.346 e. The third-order valence-corrected chi connectivity index (χ3v) is 6.12. The Hall–Kier alpha value is -2.77. The lowest BCUT2D eigenvalue weighted by Crippen LogP contribution is -2.22. The molecule has 0 radical (unpaired) electrons. The number of fused-ring (bicyclic) bond motifs is 1. The number of hydrogen-bond acceptors (Lipinski definition) is 3. The number of rotatable bonds is 3. The summed E-state index contributed by atoms with van der Waals surface area (Å²) >= 11 is 6.94. The maximum atomic E-state index is 13.7. The van der Waals surface area contributed by atoms with E-state index in [-0.39, 0.29) is 17.2 Å². The fourth-order valence-corrected chi connectivity index (χ4v) is 4.70. The highest BCUT2D eigenvalue weighted by atomic mass is 35.5. The zero-order chi connectivity index (χ0) is 20.0. The van der Waals surface area contributed by atoms with E-state index in [1.807, 2.05) is 0 Å². The minimum absolute atomic E-state index is 0.0116. The number of anilines is 1. The van der Waals surface area contributed by atoms with E-state index in [2.05, 4.69) is 5.32 Å². The van der Waals surface area contributed by atoms with Gasteiger partial charge in [0.05, 0.1) is 5.69 Å². The Bertz CT molecular complexity index is 1110. The van der Waals surface area contributed by atoms with Crippen LogP contribution in [0, 0.1) is 11.6 Å². The van der Waals surface area contributed by atoms with Gasteiger partial charge < -0.3 is 10.4 Å². The van der Waals surface area contributed by atoms with Crippen LogP contribution in [0.2, 0.25) is 5.02 Å². The first kappa shape index (κ1) is 18.6. The van der Waals surface area contributed by atoms with Crippen LogP contribution in [-0.2, 0) is 4.79 Å². The van der Waals surface area contributed by atoms with E-state index in [4.69, 9.17) is 11.6 Å². The van der Waals surface area contributed by atoms with Crippen LogP contribution in [0.1, 0.15) is 32.5 Å². The van der Waals surface area contributed by atoms with E-state index in [1.54, 1.807) is 24.3 Å². The van der Waals surface area contributed by atoms with E-state index in [0.29, 0.717) is 32.3 Å². The first-order chi connectivity index (χ1) is 13.3. The number of thiophene rings is 1. The van der Waals surface area contributed by atoms with Crippen LogP contribution in [0.3, 0.4) is 0 Å². The lowest BCUT2D eigenvalue weighted by Gasteiger charge is -2.24. The van der Waals surface area contributed by atoms with E-state index < -0.39 is 23.5 Å². The van der Waals surface area contributed by atoms with Gasteiger partial charge in [-0.15, -0.1) is 11.3 Å². The molecule has 1 aromatic heterocycles. The molecule has 1 aliphatic rings. The molecule has 142 valence electrons. The average molecular weight is 420 g/mol. The van der Waals surface area contributed by atoms with Gasteiger partial charge in [0.1, 0.15) is 4.88 Å². The molecule has 4 rings (SSSR count). The van der Waals surface area contributed by atoms with Crippen LogP contribution < -0.4 is 5.32 Å². The first-order valence-electron chi connectivity index (χ1n) is 8.26. The molecule has 8 heteroatoms. The van der Waals surface area contributed by atoms with Gasteiger partial charge in [0, 0.05) is 27.8 Å². The quantitative estimate of drug-likeness (QED) is 0.587. The number of hydrogen-bond donors (Lipinski definition) is 2. The smallest absolute Gasteiger partial charge is 0.346 e. The first-order valence-corrected chi connectivity index (χ1v) is 9.45. The van der Waals surface area contributed by atoms with Crippen molar-refractivity contribution in [2.75, 3.05) is 5.32 Å². The number of aromatic carboxylic acids is 1. The van der Waals surface area contributed by atoms with Crippen molar-refractivity contribution in [3.05, 3.63) is 74.4 Å². The molecule has 1 unspecified atom stereocenters. The summed E-state index contributed by atoms with van der Waals surface area (Å²) in [6.45, 7) is 0. The van der Waals surface area contributed by atoms with E-state index in [0.717, 1.165) is 23.5 Å². The second-order valence-corrected chi connectivity index (χ2v) is 7.82. The molecule has 0 saturated heterocycles. The Morgan fingerprint density at radius 3 is 2.50 bits per heavy atom. The van der Waals surface area contributed by atoms with Crippen molar-refractivity contribution in [1.29, 1.82) is 0 Å². The van der Waals surface area contributed by atoms with E-state index in [1.165, 1.54) is 6.07 Å². The van der Waals surface area contributed by atoms with Crippen LogP contribution in [0.4, 0.5) is 14.5 Å². The topological polar surface area (TPSA) is 66.4 Å². The number of carboxylic acids is 1. The van der Waals surface area contributed by atoms with Gasteiger partial charge in [0.15, 0.2) is 11.6 Å². The van der Waals surface area contributed by atoms with Crippen molar-refractivity contribution in [2.24, 2.45) is 0 Å². The molecular weight excluding hydrogens is 408 g/mol. The summed E-state index contributed by atoms with van der Waals surface area (Å²) in [6.07, 6.45) is 0.0116. The minimum Gasteiger partial charge on any atom is -0.477 e. The molecule has 0 bridgehead atoms. The van der Waals surface area contributed by atoms with E-state index in [9.17, 15) is 23.5 Å². The van der Waals surface area contributed by atoms with Crippen molar-refractivity contribution in [3.8, 4) is 11.1 Å². The molecule has 1 atom stereocenters. The van der Waals surface area contributed by atoms with Gasteiger partial charge in [0.25, 0.3) is 0 Å². The SMILES string of the molecule is O=C1CC(c2ccc(F)c(F)c2)c2sc(C(=O)O)c(-c3ccc(Cl)cc3)c2N1. The largest absolute Gasteiger partial charge is 0.477 e. The van der Waals surface area contributed by atoms with Crippen LogP contribution in [0.25, 0.3) is 11.1 Å². The summed E-state index contributed by atoms with van der Waals surface area (Å²) < 4.78 is 27.1. The second kappa shape index (κ2) is 7.00. The standard InChI is InChI=1S/C20H12ClF2NO3S/c21-11-4-1-9(2-5-11)16-17-18(28-19(16)20(26)27)12(8-15(25)24-17)10-3-6-13(22)14(23)7-10/h1-7,12H,8H2,(H,24,25)(H,26,27). The minimum atomic E-state index is -1.14. The highest BCUT2D eigenvalue weighted by Gasteiger charge is 2.34. The summed E-state index contributed by atoms with van der Waals surface area (Å²) in [5.74, 6) is -4.03. The molecule has 4 nitrogen and oxygen atoms in total. The number of halogens is 3. The van der Waals surface area contributed by atoms with Gasteiger partial charge in [0.2, 0.25) is 5.91 Å². The molecule has 0 spiro atoms. The molecule has 2 N–H and O–H groups in total. The van der Waals surface area contributed by atoms with Gasteiger partial charge in [-0.1, -0.05) is 29.8 Å². The number of benzene rings is 2. The van der Waals surface area contributed by atoms with Crippen molar-refractivity contribution in [2.45, 2.75) is 12.3 Å². The predicted molar refractivity (Wildman–Crippen MR) is 103 cm³/mol. The van der Waals surface area contributed by atoms with Crippen molar-refractivity contribution in [3.63, 3.8) is 0 Å². The van der Waals surface area contributed by atoms with Crippen molar-refractivity contribution < 1.29 is 23.5 Å². The molecule has 0 fully saturated rings. The third-order valence-electron chi connectivity index (χ3n) is 4.58. The molecule has 0 aliphatic carbocycles. The van der Waals surface area contributed by atoms with Crippen LogP contribution >= 0.6 is 22.9 Å². The summed E-state index contributed by atoms with van der Waals surface area (Å²) in [6, 6.07) is 10.1.